The van der Waals surface area contributed by atoms with Gasteiger partial charge in [0.15, 0.2) is 0 Å². The molecule has 0 atom stereocenters. The first-order chi connectivity index (χ1) is 13.3. The molecule has 0 aliphatic rings. The van der Waals surface area contributed by atoms with Crippen molar-refractivity contribution < 1.29 is 0 Å². The standard InChI is InChI=1S/C9H7BrN2S.C5H3BrIN.C5H7NS/c1-6-4-12-9(13-6)8-3-2-7(10)5-11-8;6-4-1-2-5(7)8-3-4;1-4-3-6-5(2)7-4/h2-5H,1H3;1-3H;3H,1-2H3. The Morgan fingerprint density at radius 2 is 1.32 bits per heavy atom. The number of halogens is 3. The Bertz CT molecular complexity index is 948. The maximum atomic E-state index is 4.26. The molecule has 0 saturated heterocycles. The molecular formula is C19H17Br2IN4S2. The van der Waals surface area contributed by atoms with E-state index in [1.807, 2.05) is 50.5 Å². The van der Waals surface area contributed by atoms with E-state index in [0.717, 1.165) is 28.4 Å². The molecule has 0 bridgehead atoms. The fraction of sp³-hybridized carbons (Fsp3) is 0.158. The van der Waals surface area contributed by atoms with E-state index in [1.54, 1.807) is 35.1 Å². The van der Waals surface area contributed by atoms with Gasteiger partial charge in [0, 0.05) is 43.5 Å². The highest BCUT2D eigenvalue weighted by atomic mass is 127. The van der Waals surface area contributed by atoms with Crippen molar-refractivity contribution in [2.45, 2.75) is 20.8 Å². The molecule has 4 nitrogen and oxygen atoms in total. The lowest BCUT2D eigenvalue weighted by molar-refractivity contribution is 1.26. The Labute approximate surface area is 203 Å². The molecule has 4 aromatic heterocycles. The summed E-state index contributed by atoms with van der Waals surface area (Å²) in [6.07, 6.45) is 7.32. The van der Waals surface area contributed by atoms with E-state index in [-0.39, 0.29) is 0 Å². The lowest BCUT2D eigenvalue weighted by atomic mass is 10.4. The summed E-state index contributed by atoms with van der Waals surface area (Å²) in [5.74, 6) is 0. The van der Waals surface area contributed by atoms with Gasteiger partial charge in [0.1, 0.15) is 8.71 Å². The van der Waals surface area contributed by atoms with Crippen LogP contribution in [0.15, 0.2) is 58.0 Å². The van der Waals surface area contributed by atoms with Crippen LogP contribution in [0.5, 0.6) is 0 Å². The van der Waals surface area contributed by atoms with Crippen molar-refractivity contribution in [1.82, 2.24) is 19.9 Å². The van der Waals surface area contributed by atoms with Crippen molar-refractivity contribution in [2.75, 3.05) is 0 Å². The molecule has 28 heavy (non-hydrogen) atoms. The molecule has 146 valence electrons. The van der Waals surface area contributed by atoms with Crippen LogP contribution in [0, 0.1) is 24.5 Å². The van der Waals surface area contributed by atoms with Gasteiger partial charge in [-0.05, 0) is 99.5 Å². The second kappa shape index (κ2) is 12.1. The Morgan fingerprint density at radius 3 is 1.68 bits per heavy atom. The largest absolute Gasteiger partial charge is 0.253 e. The van der Waals surface area contributed by atoms with Gasteiger partial charge in [-0.1, -0.05) is 0 Å². The monoisotopic (exact) mass is 650 g/mol. The summed E-state index contributed by atoms with van der Waals surface area (Å²) in [5, 5.41) is 2.13. The summed E-state index contributed by atoms with van der Waals surface area (Å²) < 4.78 is 3.04. The molecule has 0 amide bonds. The van der Waals surface area contributed by atoms with E-state index in [4.69, 9.17) is 0 Å². The molecule has 0 saturated carbocycles. The molecule has 0 aliphatic carbocycles. The van der Waals surface area contributed by atoms with Crippen LogP contribution < -0.4 is 0 Å². The topological polar surface area (TPSA) is 51.6 Å². The third-order valence-electron chi connectivity index (χ3n) is 3.00. The van der Waals surface area contributed by atoms with Gasteiger partial charge in [0.2, 0.25) is 0 Å². The fourth-order valence-electron chi connectivity index (χ4n) is 1.80. The van der Waals surface area contributed by atoms with Gasteiger partial charge >= 0.3 is 0 Å². The minimum atomic E-state index is 0.932. The third-order valence-corrected chi connectivity index (χ3v) is 6.34. The Kier molecular flexibility index (Phi) is 10.1. The van der Waals surface area contributed by atoms with E-state index < -0.39 is 0 Å². The van der Waals surface area contributed by atoms with Crippen LogP contribution in [0.1, 0.15) is 14.8 Å². The first-order valence-corrected chi connectivity index (χ1v) is 12.3. The zero-order chi connectivity index (χ0) is 20.5. The number of pyridine rings is 2. The van der Waals surface area contributed by atoms with Crippen molar-refractivity contribution >= 4 is 77.1 Å². The Balaban J connectivity index is 0.000000161. The molecule has 0 unspecified atom stereocenters. The number of rotatable bonds is 1. The lowest BCUT2D eigenvalue weighted by Gasteiger charge is -1.93. The number of thiazole rings is 2. The number of aromatic nitrogens is 4. The predicted octanol–water partition coefficient (Wildman–Crippen LogP) is 7.48. The van der Waals surface area contributed by atoms with Crippen molar-refractivity contribution in [3.05, 3.63) is 76.5 Å². The highest BCUT2D eigenvalue weighted by Gasteiger charge is 2.02. The lowest BCUT2D eigenvalue weighted by Crippen LogP contribution is -1.79. The molecule has 9 heteroatoms. The minimum absolute atomic E-state index is 0.932. The normalized spacial score (nSPS) is 9.79. The van der Waals surface area contributed by atoms with Gasteiger partial charge in [-0.25, -0.2) is 15.0 Å². The number of hydrogen-bond acceptors (Lipinski definition) is 6. The highest BCUT2D eigenvalue weighted by Crippen LogP contribution is 2.23. The van der Waals surface area contributed by atoms with Crippen LogP contribution in [0.3, 0.4) is 0 Å². The summed E-state index contributed by atoms with van der Waals surface area (Å²) in [5.41, 5.74) is 0.932. The van der Waals surface area contributed by atoms with Gasteiger partial charge < -0.3 is 0 Å². The van der Waals surface area contributed by atoms with Crippen molar-refractivity contribution in [3.63, 3.8) is 0 Å². The maximum absolute atomic E-state index is 4.26. The van der Waals surface area contributed by atoms with Crippen LogP contribution in [-0.2, 0) is 0 Å². The average Bonchev–Trinajstić information content (AvgIpc) is 3.27. The van der Waals surface area contributed by atoms with E-state index >= 15 is 0 Å². The van der Waals surface area contributed by atoms with E-state index in [0.29, 0.717) is 0 Å². The molecule has 4 heterocycles. The zero-order valence-corrected chi connectivity index (χ0v) is 22.3. The molecule has 0 radical (unpaired) electrons. The van der Waals surface area contributed by atoms with Crippen LogP contribution >= 0.6 is 77.1 Å². The van der Waals surface area contributed by atoms with Crippen molar-refractivity contribution in [1.29, 1.82) is 0 Å². The zero-order valence-electron chi connectivity index (χ0n) is 15.4. The quantitative estimate of drug-likeness (QED) is 0.158. The summed E-state index contributed by atoms with van der Waals surface area (Å²) >= 11 is 12.2. The average molecular weight is 652 g/mol. The van der Waals surface area contributed by atoms with Crippen LogP contribution in [0.2, 0.25) is 0 Å². The SMILES string of the molecule is Brc1ccc(I)nc1.Cc1cnc(-c2ccc(Br)cn2)s1.Cc1cnc(C)s1. The molecule has 0 aromatic carbocycles. The van der Waals surface area contributed by atoms with E-state index in [2.05, 4.69) is 81.3 Å². The minimum Gasteiger partial charge on any atom is -0.253 e. The third kappa shape index (κ3) is 8.73. The maximum Gasteiger partial charge on any atom is 0.142 e. The highest BCUT2D eigenvalue weighted by molar-refractivity contribution is 14.1. The van der Waals surface area contributed by atoms with Gasteiger partial charge in [-0.15, -0.1) is 22.7 Å². The van der Waals surface area contributed by atoms with Gasteiger partial charge in [-0.2, -0.15) is 0 Å². The summed E-state index contributed by atoms with van der Waals surface area (Å²) in [4.78, 5) is 19.1. The smallest absolute Gasteiger partial charge is 0.142 e. The summed E-state index contributed by atoms with van der Waals surface area (Å²) in [6.45, 7) is 6.11. The fourth-order valence-corrected chi connectivity index (χ4v) is 4.01. The van der Waals surface area contributed by atoms with E-state index in [1.165, 1.54) is 9.75 Å². The first kappa shape index (κ1) is 23.5. The second-order valence-electron chi connectivity index (χ2n) is 5.43. The number of nitrogens with zero attached hydrogens (tertiary/aromatic N) is 4. The molecule has 0 spiro atoms. The molecule has 0 fully saturated rings. The Morgan fingerprint density at radius 1 is 0.714 bits per heavy atom. The van der Waals surface area contributed by atoms with E-state index in [9.17, 15) is 0 Å². The van der Waals surface area contributed by atoms with Gasteiger partial charge in [0.25, 0.3) is 0 Å². The van der Waals surface area contributed by atoms with Crippen LogP contribution in [-0.4, -0.2) is 19.9 Å². The van der Waals surface area contributed by atoms with Crippen molar-refractivity contribution in [2.24, 2.45) is 0 Å². The number of aryl methyl sites for hydroxylation is 3. The van der Waals surface area contributed by atoms with Crippen LogP contribution in [0.4, 0.5) is 0 Å². The molecule has 4 aromatic rings. The second-order valence-corrected chi connectivity index (χ2v) is 11.0. The molecule has 0 aliphatic heterocycles. The van der Waals surface area contributed by atoms with Gasteiger partial charge in [0.05, 0.1) is 10.7 Å². The Hall–Kier alpha value is -0.750. The van der Waals surface area contributed by atoms with Crippen molar-refractivity contribution in [3.8, 4) is 10.7 Å². The molecule has 4 rings (SSSR count). The summed E-state index contributed by atoms with van der Waals surface area (Å²) in [7, 11) is 0. The summed E-state index contributed by atoms with van der Waals surface area (Å²) in [6, 6.07) is 7.85. The van der Waals surface area contributed by atoms with Crippen LogP contribution in [0.25, 0.3) is 10.7 Å². The predicted molar refractivity (Wildman–Crippen MR) is 134 cm³/mol. The van der Waals surface area contributed by atoms with Gasteiger partial charge in [-0.3, -0.25) is 4.98 Å². The number of hydrogen-bond donors (Lipinski definition) is 0. The molecular weight excluding hydrogens is 635 g/mol. The first-order valence-electron chi connectivity index (χ1n) is 8.04. The molecule has 0 N–H and O–H groups in total.